The molecule has 6 heteroatoms. The molecule has 0 radical (unpaired) electrons. The lowest BCUT2D eigenvalue weighted by atomic mass is 10.3. The number of pyridine rings is 1. The van der Waals surface area contributed by atoms with Crippen molar-refractivity contribution in [3.8, 4) is 0 Å². The van der Waals surface area contributed by atoms with Crippen LogP contribution in [0.15, 0.2) is 17.1 Å². The number of hydrogen-bond donors (Lipinski definition) is 2. The number of H-pyrrole nitrogens is 1. The number of anilines is 1. The highest BCUT2D eigenvalue weighted by Crippen LogP contribution is 2.10. The first-order valence-electron chi connectivity index (χ1n) is 3.55. The second-order valence-corrected chi connectivity index (χ2v) is 4.52. The van der Waals surface area contributed by atoms with Crippen LogP contribution in [-0.2, 0) is 10.0 Å². The predicted molar refractivity (Wildman–Crippen MR) is 50.3 cm³/mol. The molecule has 0 aliphatic carbocycles. The number of aromatic nitrogens is 1. The summed E-state index contributed by atoms with van der Waals surface area (Å²) in [5.74, 6) is 0. The molecule has 0 fully saturated rings. The van der Waals surface area contributed by atoms with Gasteiger partial charge in [-0.2, -0.15) is 0 Å². The molecule has 1 aromatic rings. The molecule has 72 valence electrons. The van der Waals surface area contributed by atoms with Crippen molar-refractivity contribution in [1.82, 2.24) is 4.98 Å². The predicted octanol–water partition coefficient (Wildman–Crippen LogP) is 0.0548. The van der Waals surface area contributed by atoms with Gasteiger partial charge in [-0.1, -0.05) is 0 Å². The van der Waals surface area contributed by atoms with Crippen molar-refractivity contribution >= 4 is 15.7 Å². The molecule has 2 N–H and O–H groups in total. The van der Waals surface area contributed by atoms with E-state index in [1.165, 1.54) is 12.3 Å². The molecular formula is C7H10N2O3S. The minimum atomic E-state index is -3.28. The SMILES string of the molecule is Cc1cc(=O)[nH]cc1NS(C)(=O)=O. The fraction of sp³-hybridized carbons (Fsp3) is 0.286. The van der Waals surface area contributed by atoms with Crippen LogP contribution in [0.1, 0.15) is 5.56 Å². The van der Waals surface area contributed by atoms with Crippen molar-refractivity contribution in [3.05, 3.63) is 28.2 Å². The van der Waals surface area contributed by atoms with E-state index in [2.05, 4.69) is 9.71 Å². The van der Waals surface area contributed by atoms with Gasteiger partial charge >= 0.3 is 0 Å². The molecule has 5 nitrogen and oxygen atoms in total. The van der Waals surface area contributed by atoms with Gasteiger partial charge in [-0.25, -0.2) is 8.42 Å². The third-order valence-electron chi connectivity index (χ3n) is 1.43. The maximum absolute atomic E-state index is 10.8. The Hall–Kier alpha value is -1.30. The Morgan fingerprint density at radius 1 is 1.46 bits per heavy atom. The minimum Gasteiger partial charge on any atom is -0.327 e. The molecule has 0 bridgehead atoms. The first kappa shape index (κ1) is 9.79. The van der Waals surface area contributed by atoms with E-state index < -0.39 is 10.0 Å². The normalized spacial score (nSPS) is 11.2. The largest absolute Gasteiger partial charge is 0.327 e. The molecule has 0 unspecified atom stereocenters. The highest BCUT2D eigenvalue weighted by Gasteiger charge is 2.04. The molecule has 0 aliphatic heterocycles. The molecule has 0 aromatic carbocycles. The molecule has 0 saturated heterocycles. The third kappa shape index (κ3) is 2.90. The summed E-state index contributed by atoms with van der Waals surface area (Å²) in [4.78, 5) is 13.2. The summed E-state index contributed by atoms with van der Waals surface area (Å²) in [6.45, 7) is 1.66. The number of rotatable bonds is 2. The standard InChI is InChI=1S/C7H10N2O3S/c1-5-3-7(10)8-4-6(5)9-13(2,11)12/h3-4,9H,1-2H3,(H,8,10). The molecule has 1 heterocycles. The van der Waals surface area contributed by atoms with Gasteiger partial charge in [0.05, 0.1) is 11.9 Å². The van der Waals surface area contributed by atoms with Crippen LogP contribution in [0.3, 0.4) is 0 Å². The summed E-state index contributed by atoms with van der Waals surface area (Å²) in [5.41, 5.74) is 0.729. The Bertz CT molecular complexity index is 461. The van der Waals surface area contributed by atoms with E-state index in [0.717, 1.165) is 6.26 Å². The second kappa shape index (κ2) is 3.21. The van der Waals surface area contributed by atoms with Gasteiger partial charge in [0.2, 0.25) is 15.6 Å². The molecule has 0 atom stereocenters. The molecule has 0 saturated carbocycles. The van der Waals surface area contributed by atoms with Crippen molar-refractivity contribution in [1.29, 1.82) is 0 Å². The van der Waals surface area contributed by atoms with Gasteiger partial charge < -0.3 is 4.98 Å². The third-order valence-corrected chi connectivity index (χ3v) is 2.02. The molecule has 13 heavy (non-hydrogen) atoms. The van der Waals surface area contributed by atoms with Crippen LogP contribution >= 0.6 is 0 Å². The summed E-state index contributed by atoms with van der Waals surface area (Å²) in [7, 11) is -3.28. The average Bonchev–Trinajstić information content (AvgIpc) is 1.93. The summed E-state index contributed by atoms with van der Waals surface area (Å²) in [6.07, 6.45) is 2.39. The molecule has 0 amide bonds. The highest BCUT2D eigenvalue weighted by atomic mass is 32.2. The summed E-state index contributed by atoms with van der Waals surface area (Å²) in [6, 6.07) is 1.33. The van der Waals surface area contributed by atoms with Crippen LogP contribution in [0, 0.1) is 6.92 Å². The number of sulfonamides is 1. The van der Waals surface area contributed by atoms with E-state index >= 15 is 0 Å². The Labute approximate surface area is 75.9 Å². The van der Waals surface area contributed by atoms with Gasteiger partial charge in [0, 0.05) is 12.3 Å². The van der Waals surface area contributed by atoms with Crippen molar-refractivity contribution in [2.75, 3.05) is 11.0 Å². The smallest absolute Gasteiger partial charge is 0.248 e. The van der Waals surface area contributed by atoms with Crippen molar-refractivity contribution in [3.63, 3.8) is 0 Å². The van der Waals surface area contributed by atoms with Gasteiger partial charge in [0.1, 0.15) is 0 Å². The Morgan fingerprint density at radius 2 is 2.08 bits per heavy atom. The van der Waals surface area contributed by atoms with Crippen molar-refractivity contribution in [2.24, 2.45) is 0 Å². The summed E-state index contributed by atoms with van der Waals surface area (Å²) in [5, 5.41) is 0. The van der Waals surface area contributed by atoms with E-state index in [9.17, 15) is 13.2 Å². The minimum absolute atomic E-state index is 0.253. The Kier molecular flexibility index (Phi) is 2.42. The van der Waals surface area contributed by atoms with Crippen LogP contribution in [0.25, 0.3) is 0 Å². The summed E-state index contributed by atoms with van der Waals surface area (Å²) < 4.78 is 23.9. The fourth-order valence-electron chi connectivity index (χ4n) is 0.883. The number of hydrogen-bond acceptors (Lipinski definition) is 3. The van der Waals surface area contributed by atoms with Gasteiger partial charge in [-0.05, 0) is 12.5 Å². The van der Waals surface area contributed by atoms with E-state index in [0.29, 0.717) is 11.3 Å². The average molecular weight is 202 g/mol. The first-order chi connectivity index (χ1) is 5.88. The monoisotopic (exact) mass is 202 g/mol. The zero-order chi connectivity index (χ0) is 10.1. The lowest BCUT2D eigenvalue weighted by Crippen LogP contribution is -2.13. The Morgan fingerprint density at radius 3 is 2.54 bits per heavy atom. The van der Waals surface area contributed by atoms with Gasteiger partial charge in [-0.3, -0.25) is 9.52 Å². The molecule has 1 rings (SSSR count). The van der Waals surface area contributed by atoms with Crippen molar-refractivity contribution in [2.45, 2.75) is 6.92 Å². The number of aryl methyl sites for hydroxylation is 1. The number of aromatic amines is 1. The van der Waals surface area contributed by atoms with E-state index in [-0.39, 0.29) is 5.56 Å². The maximum Gasteiger partial charge on any atom is 0.248 e. The second-order valence-electron chi connectivity index (χ2n) is 2.77. The van der Waals surface area contributed by atoms with Crippen LogP contribution in [0.5, 0.6) is 0 Å². The maximum atomic E-state index is 10.8. The van der Waals surface area contributed by atoms with E-state index in [1.807, 2.05) is 0 Å². The lowest BCUT2D eigenvalue weighted by molar-refractivity contribution is 0.606. The van der Waals surface area contributed by atoms with Gasteiger partial charge in [0.25, 0.3) is 0 Å². The highest BCUT2D eigenvalue weighted by molar-refractivity contribution is 7.92. The molecule has 0 aliphatic rings. The first-order valence-corrected chi connectivity index (χ1v) is 5.45. The fourth-order valence-corrected chi connectivity index (χ4v) is 1.50. The quantitative estimate of drug-likeness (QED) is 0.711. The Balaban J connectivity index is 3.11. The van der Waals surface area contributed by atoms with Crippen LogP contribution < -0.4 is 10.3 Å². The molecule has 1 aromatic heterocycles. The number of nitrogens with one attached hydrogen (secondary N) is 2. The van der Waals surface area contributed by atoms with E-state index in [4.69, 9.17) is 0 Å². The summed E-state index contributed by atoms with van der Waals surface area (Å²) >= 11 is 0. The van der Waals surface area contributed by atoms with Gasteiger partial charge in [0.15, 0.2) is 0 Å². The van der Waals surface area contributed by atoms with E-state index in [1.54, 1.807) is 6.92 Å². The molecule has 0 spiro atoms. The lowest BCUT2D eigenvalue weighted by Gasteiger charge is -2.05. The van der Waals surface area contributed by atoms with Crippen molar-refractivity contribution < 1.29 is 8.42 Å². The zero-order valence-electron chi connectivity index (χ0n) is 7.29. The zero-order valence-corrected chi connectivity index (χ0v) is 8.10. The van der Waals surface area contributed by atoms with Crippen LogP contribution in [0.2, 0.25) is 0 Å². The topological polar surface area (TPSA) is 79.0 Å². The van der Waals surface area contributed by atoms with Crippen LogP contribution in [0.4, 0.5) is 5.69 Å². The molecular weight excluding hydrogens is 192 g/mol. The van der Waals surface area contributed by atoms with Crippen LogP contribution in [-0.4, -0.2) is 19.7 Å². The van der Waals surface area contributed by atoms with Gasteiger partial charge in [-0.15, -0.1) is 0 Å².